The summed E-state index contributed by atoms with van der Waals surface area (Å²) in [6.45, 7) is 7.73. The van der Waals surface area contributed by atoms with E-state index in [1.165, 1.54) is 0 Å². The van der Waals surface area contributed by atoms with Crippen molar-refractivity contribution in [1.82, 2.24) is 14.5 Å². The van der Waals surface area contributed by atoms with E-state index in [1.54, 1.807) is 17.0 Å². The van der Waals surface area contributed by atoms with E-state index in [0.29, 0.717) is 28.9 Å². The number of ether oxygens (including phenoxy) is 1. The summed E-state index contributed by atoms with van der Waals surface area (Å²) in [7, 11) is 0. The van der Waals surface area contributed by atoms with Crippen molar-refractivity contribution in [2.75, 3.05) is 0 Å². The third-order valence-corrected chi connectivity index (χ3v) is 3.93. The van der Waals surface area contributed by atoms with Crippen LogP contribution >= 0.6 is 0 Å². The summed E-state index contributed by atoms with van der Waals surface area (Å²) in [5.74, 6) is 2.10. The Balaban J connectivity index is 2.08. The fraction of sp³-hybridized carbons (Fsp3) is 0.211. The van der Waals surface area contributed by atoms with Gasteiger partial charge >= 0.3 is 0 Å². The first-order valence-corrected chi connectivity index (χ1v) is 7.95. The molecule has 0 atom stereocenters. The topological polar surface area (TPSA) is 72.5 Å². The Kier molecular flexibility index (Phi) is 4.52. The molecule has 0 aliphatic rings. The van der Waals surface area contributed by atoms with Crippen LogP contribution in [0.2, 0.25) is 0 Å². The highest BCUT2D eigenvalue weighted by atomic mass is 16.5. The predicted octanol–water partition coefficient (Wildman–Crippen LogP) is 3.99. The van der Waals surface area contributed by atoms with E-state index in [0.717, 1.165) is 16.8 Å². The van der Waals surface area contributed by atoms with Gasteiger partial charge in [-0.25, -0.2) is 9.97 Å². The third kappa shape index (κ3) is 3.38. The molecule has 3 rings (SSSR count). The van der Waals surface area contributed by atoms with Gasteiger partial charge in [0.25, 0.3) is 0 Å². The Morgan fingerprint density at radius 2 is 1.92 bits per heavy atom. The fourth-order valence-corrected chi connectivity index (χ4v) is 2.63. The Morgan fingerprint density at radius 3 is 2.56 bits per heavy atom. The molecule has 2 heterocycles. The smallest absolute Gasteiger partial charge is 0.230 e. The number of benzene rings is 1. The van der Waals surface area contributed by atoms with Gasteiger partial charge in [0, 0.05) is 18.1 Å². The lowest BCUT2D eigenvalue weighted by atomic mass is 10.1. The highest BCUT2D eigenvalue weighted by Crippen LogP contribution is 2.28. The summed E-state index contributed by atoms with van der Waals surface area (Å²) in [6.07, 6.45) is 3.37. The van der Waals surface area contributed by atoms with Crippen LogP contribution in [0.5, 0.6) is 11.6 Å². The number of pyridine rings is 1. The zero-order valence-electron chi connectivity index (χ0n) is 14.7. The highest BCUT2D eigenvalue weighted by molar-refractivity contribution is 6.02. The molecule has 25 heavy (non-hydrogen) atoms. The summed E-state index contributed by atoms with van der Waals surface area (Å²) in [4.78, 5) is 8.67. The first-order valence-electron chi connectivity index (χ1n) is 7.95. The second kappa shape index (κ2) is 6.76. The summed E-state index contributed by atoms with van der Waals surface area (Å²) in [5, 5.41) is 13.0. The zero-order valence-corrected chi connectivity index (χ0v) is 14.7. The van der Waals surface area contributed by atoms with Crippen molar-refractivity contribution in [2.45, 2.75) is 27.7 Å². The van der Waals surface area contributed by atoms with Gasteiger partial charge in [-0.3, -0.25) is 4.57 Å². The van der Waals surface area contributed by atoms with Crippen LogP contribution in [0.25, 0.3) is 0 Å². The van der Waals surface area contributed by atoms with E-state index >= 15 is 0 Å². The molecule has 0 amide bonds. The van der Waals surface area contributed by atoms with E-state index in [-0.39, 0.29) is 0 Å². The van der Waals surface area contributed by atoms with Crippen molar-refractivity contribution in [3.8, 4) is 11.6 Å². The number of oxime groups is 1. The normalized spacial score (nSPS) is 11.6. The minimum Gasteiger partial charge on any atom is -0.438 e. The molecule has 0 fully saturated rings. The number of imidazole rings is 1. The molecule has 2 aromatic heterocycles. The Bertz CT molecular complexity index is 944. The largest absolute Gasteiger partial charge is 0.438 e. The quantitative estimate of drug-likeness (QED) is 0.340. The minimum absolute atomic E-state index is 0.308. The molecular weight excluding hydrogens is 316 g/mol. The van der Waals surface area contributed by atoms with E-state index < -0.39 is 0 Å². The molecule has 6 nitrogen and oxygen atoms in total. The molecule has 0 unspecified atom stereocenters. The molecule has 0 bridgehead atoms. The lowest BCUT2D eigenvalue weighted by molar-refractivity contribution is 0.316. The molecule has 0 saturated carbocycles. The molecular formula is C19H20N4O2. The van der Waals surface area contributed by atoms with E-state index in [4.69, 9.17) is 4.74 Å². The minimum atomic E-state index is 0.308. The van der Waals surface area contributed by atoms with Crippen LogP contribution in [-0.2, 0) is 0 Å². The average molecular weight is 336 g/mol. The van der Waals surface area contributed by atoms with Crippen LogP contribution < -0.4 is 4.74 Å². The molecule has 0 radical (unpaired) electrons. The maximum absolute atomic E-state index is 9.58. The van der Waals surface area contributed by atoms with Crippen LogP contribution in [0.15, 0.2) is 47.9 Å². The number of aromatic nitrogens is 3. The van der Waals surface area contributed by atoms with E-state index in [9.17, 15) is 5.21 Å². The molecule has 0 saturated heterocycles. The molecule has 3 aromatic rings. The van der Waals surface area contributed by atoms with E-state index in [2.05, 4.69) is 15.1 Å². The number of aryl methyl sites for hydroxylation is 4. The average Bonchev–Trinajstić information content (AvgIpc) is 2.99. The Hall–Kier alpha value is -3.15. The Labute approximate surface area is 146 Å². The Morgan fingerprint density at radius 1 is 1.12 bits per heavy atom. The zero-order chi connectivity index (χ0) is 18.0. The van der Waals surface area contributed by atoms with Crippen molar-refractivity contribution in [2.24, 2.45) is 5.16 Å². The summed E-state index contributed by atoms with van der Waals surface area (Å²) >= 11 is 0. The lowest BCUT2D eigenvalue weighted by Gasteiger charge is -2.14. The standard InChI is InChI=1S/C19H20N4O2/c1-12-5-8-17(13(2)11-12)25-19-16(7-6-14(3)21-19)18(22-24)23-10-9-20-15(23)4/h5-11,24H,1-4H3/b22-18-. The van der Waals surface area contributed by atoms with Gasteiger partial charge in [0.1, 0.15) is 11.6 Å². The third-order valence-electron chi connectivity index (χ3n) is 3.93. The lowest BCUT2D eigenvalue weighted by Crippen LogP contribution is -2.16. The van der Waals surface area contributed by atoms with Crippen LogP contribution in [-0.4, -0.2) is 25.6 Å². The molecule has 1 N–H and O–H groups in total. The van der Waals surface area contributed by atoms with Crippen molar-refractivity contribution in [3.05, 3.63) is 70.9 Å². The van der Waals surface area contributed by atoms with Gasteiger partial charge < -0.3 is 9.94 Å². The van der Waals surface area contributed by atoms with Gasteiger partial charge in [-0.15, -0.1) is 0 Å². The van der Waals surface area contributed by atoms with Crippen LogP contribution in [0.1, 0.15) is 28.2 Å². The van der Waals surface area contributed by atoms with Crippen LogP contribution in [0.3, 0.4) is 0 Å². The summed E-state index contributed by atoms with van der Waals surface area (Å²) in [6, 6.07) is 9.62. The summed E-state index contributed by atoms with van der Waals surface area (Å²) < 4.78 is 7.74. The predicted molar refractivity (Wildman–Crippen MR) is 95.6 cm³/mol. The maximum atomic E-state index is 9.58. The molecule has 128 valence electrons. The van der Waals surface area contributed by atoms with Crippen molar-refractivity contribution in [3.63, 3.8) is 0 Å². The van der Waals surface area contributed by atoms with Crippen molar-refractivity contribution in [1.29, 1.82) is 0 Å². The molecule has 0 aliphatic heterocycles. The van der Waals surface area contributed by atoms with Crippen molar-refractivity contribution >= 4 is 5.84 Å². The highest BCUT2D eigenvalue weighted by Gasteiger charge is 2.18. The second-order valence-electron chi connectivity index (χ2n) is 5.94. The second-order valence-corrected chi connectivity index (χ2v) is 5.94. The van der Waals surface area contributed by atoms with Crippen LogP contribution in [0.4, 0.5) is 0 Å². The first kappa shape index (κ1) is 16.7. The molecule has 0 aliphatic carbocycles. The van der Waals surface area contributed by atoms with Gasteiger partial charge in [0.05, 0.1) is 5.56 Å². The fourth-order valence-electron chi connectivity index (χ4n) is 2.63. The van der Waals surface area contributed by atoms with Crippen molar-refractivity contribution < 1.29 is 9.94 Å². The van der Waals surface area contributed by atoms with Gasteiger partial charge in [-0.2, -0.15) is 0 Å². The molecule has 6 heteroatoms. The monoisotopic (exact) mass is 336 g/mol. The maximum Gasteiger partial charge on any atom is 0.230 e. The first-order chi connectivity index (χ1) is 12.0. The van der Waals surface area contributed by atoms with Gasteiger partial charge in [-0.05, 0) is 51.5 Å². The number of rotatable bonds is 3. The van der Waals surface area contributed by atoms with Crippen LogP contribution in [0, 0.1) is 27.7 Å². The van der Waals surface area contributed by atoms with Gasteiger partial charge in [-0.1, -0.05) is 22.9 Å². The number of hydrogen-bond donors (Lipinski definition) is 1. The van der Waals surface area contributed by atoms with E-state index in [1.807, 2.05) is 58.0 Å². The SMILES string of the molecule is Cc1ccc(Oc2nc(C)ccc2/C(=N/O)n2ccnc2C)c(C)c1. The summed E-state index contributed by atoms with van der Waals surface area (Å²) in [5.41, 5.74) is 3.56. The number of hydrogen-bond acceptors (Lipinski definition) is 5. The van der Waals surface area contributed by atoms with Gasteiger partial charge in [0.15, 0.2) is 5.84 Å². The molecule has 0 spiro atoms. The number of nitrogens with zero attached hydrogens (tertiary/aromatic N) is 4. The van der Waals surface area contributed by atoms with Gasteiger partial charge in [0.2, 0.25) is 5.88 Å². The molecule has 1 aromatic carbocycles.